The maximum Gasteiger partial charge on any atom is 0.161 e. The van der Waals surface area contributed by atoms with Crippen LogP contribution in [0.4, 0.5) is 0 Å². The molecule has 0 amide bonds. The molecule has 36 heavy (non-hydrogen) atoms. The summed E-state index contributed by atoms with van der Waals surface area (Å²) in [5, 5.41) is 17.6. The van der Waals surface area contributed by atoms with Gasteiger partial charge < -0.3 is 22.8 Å². The Morgan fingerprint density at radius 1 is 0.833 bits per heavy atom. The minimum Gasteiger partial charge on any atom is -0.493 e. The molecule has 0 saturated heterocycles. The lowest BCUT2D eigenvalue weighted by Gasteiger charge is -2.41. The summed E-state index contributed by atoms with van der Waals surface area (Å²) in [6.07, 6.45) is 11.3. The predicted molar refractivity (Wildman–Crippen MR) is 127 cm³/mol. The molecule has 11 nitrogen and oxygen atoms in total. The van der Waals surface area contributed by atoms with Gasteiger partial charge in [0.1, 0.15) is 54.9 Å². The molecular formula is C25H26N7O4+. The Morgan fingerprint density at radius 2 is 1.39 bits per heavy atom. The summed E-state index contributed by atoms with van der Waals surface area (Å²) in [6.45, 7) is 3.06. The van der Waals surface area contributed by atoms with E-state index in [1.165, 1.54) is 11.1 Å². The fourth-order valence-corrected chi connectivity index (χ4v) is 4.92. The Hall–Kier alpha value is -4.38. The molecule has 0 saturated carbocycles. The number of fused-ring (bicyclic) bond motifs is 1. The van der Waals surface area contributed by atoms with E-state index in [1.807, 2.05) is 24.5 Å². The highest BCUT2D eigenvalue weighted by Gasteiger charge is 2.36. The number of furan rings is 2. The molecule has 0 unspecified atom stereocenters. The zero-order valence-electron chi connectivity index (χ0n) is 20.1. The molecule has 0 radical (unpaired) electrons. The average Bonchev–Trinajstić information content (AvgIpc) is 3.70. The fraction of sp³-hybridized carbons (Fsp3) is 0.280. The first kappa shape index (κ1) is 22.1. The third-order valence-corrected chi connectivity index (χ3v) is 6.68. The van der Waals surface area contributed by atoms with E-state index in [0.717, 1.165) is 58.3 Å². The van der Waals surface area contributed by atoms with Crippen molar-refractivity contribution in [3.05, 3.63) is 84.2 Å². The zero-order chi connectivity index (χ0) is 24.5. The highest BCUT2D eigenvalue weighted by atomic mass is 16.5. The zero-order valence-corrected chi connectivity index (χ0v) is 20.1. The van der Waals surface area contributed by atoms with E-state index in [4.69, 9.17) is 18.3 Å². The first-order chi connectivity index (χ1) is 17.6. The van der Waals surface area contributed by atoms with Crippen LogP contribution >= 0.6 is 0 Å². The Bertz CT molecular complexity index is 1380. The molecule has 1 aliphatic heterocycles. The average molecular weight is 489 g/mol. The van der Waals surface area contributed by atoms with Gasteiger partial charge in [-0.25, -0.2) is 9.36 Å². The number of quaternary nitrogens is 1. The van der Waals surface area contributed by atoms with Crippen molar-refractivity contribution in [1.82, 2.24) is 30.0 Å². The summed E-state index contributed by atoms with van der Waals surface area (Å²) in [7, 11) is 3.33. The second-order valence-electron chi connectivity index (χ2n) is 9.04. The molecule has 1 aromatic carbocycles. The number of benzene rings is 1. The normalized spacial score (nSPS) is 14.5. The molecular weight excluding hydrogens is 462 g/mol. The van der Waals surface area contributed by atoms with Crippen LogP contribution < -0.4 is 9.47 Å². The van der Waals surface area contributed by atoms with E-state index in [-0.39, 0.29) is 0 Å². The van der Waals surface area contributed by atoms with E-state index in [0.29, 0.717) is 13.1 Å². The summed E-state index contributed by atoms with van der Waals surface area (Å²) < 4.78 is 25.7. The van der Waals surface area contributed by atoms with Crippen molar-refractivity contribution in [3.63, 3.8) is 0 Å². The molecule has 0 bridgehead atoms. The highest BCUT2D eigenvalue weighted by Crippen LogP contribution is 2.37. The number of hydrogen-bond donors (Lipinski definition) is 0. The molecule has 6 rings (SSSR count). The third-order valence-electron chi connectivity index (χ3n) is 6.68. The summed E-state index contributed by atoms with van der Waals surface area (Å²) in [5.41, 5.74) is 5.95. The summed E-state index contributed by atoms with van der Waals surface area (Å²) >= 11 is 0. The van der Waals surface area contributed by atoms with E-state index in [2.05, 4.69) is 32.8 Å². The number of methoxy groups -OCH3 is 2. The van der Waals surface area contributed by atoms with Gasteiger partial charge in [-0.05, 0) is 17.7 Å². The number of aromatic nitrogens is 6. The van der Waals surface area contributed by atoms with Crippen LogP contribution in [-0.4, -0.2) is 55.2 Å². The maximum atomic E-state index is 5.60. The van der Waals surface area contributed by atoms with Crippen LogP contribution in [0.1, 0.15) is 22.5 Å². The number of rotatable bonds is 8. The lowest BCUT2D eigenvalue weighted by molar-refractivity contribution is -0.968. The largest absolute Gasteiger partial charge is 0.493 e. The quantitative estimate of drug-likeness (QED) is 0.306. The van der Waals surface area contributed by atoms with Gasteiger partial charge in [-0.15, -0.1) is 10.2 Å². The summed E-state index contributed by atoms with van der Waals surface area (Å²) in [5.74, 6) is 1.48. The number of nitrogens with zero attached hydrogens (tertiary/aromatic N) is 7. The third kappa shape index (κ3) is 4.13. The Morgan fingerprint density at radius 3 is 1.89 bits per heavy atom. The van der Waals surface area contributed by atoms with Crippen LogP contribution in [0.25, 0.3) is 11.4 Å². The predicted octanol–water partition coefficient (Wildman–Crippen LogP) is 3.32. The fourth-order valence-electron chi connectivity index (χ4n) is 4.92. The van der Waals surface area contributed by atoms with Crippen molar-refractivity contribution >= 4 is 0 Å². The second kappa shape index (κ2) is 9.00. The lowest BCUT2D eigenvalue weighted by Crippen LogP contribution is -2.49. The minimum atomic E-state index is 0.685. The molecule has 1 aliphatic rings. The van der Waals surface area contributed by atoms with Crippen molar-refractivity contribution in [2.24, 2.45) is 0 Å². The van der Waals surface area contributed by atoms with E-state index < -0.39 is 0 Å². The van der Waals surface area contributed by atoms with Crippen LogP contribution in [0.5, 0.6) is 11.5 Å². The van der Waals surface area contributed by atoms with Gasteiger partial charge >= 0.3 is 0 Å². The van der Waals surface area contributed by atoms with E-state index in [1.54, 1.807) is 48.6 Å². The molecule has 0 fully saturated rings. The van der Waals surface area contributed by atoms with Crippen LogP contribution in [-0.2, 0) is 26.1 Å². The Kier molecular flexibility index (Phi) is 5.53. The monoisotopic (exact) mass is 488 g/mol. The maximum absolute atomic E-state index is 5.60. The van der Waals surface area contributed by atoms with Gasteiger partial charge in [-0.1, -0.05) is 10.4 Å². The van der Waals surface area contributed by atoms with Crippen molar-refractivity contribution in [2.45, 2.75) is 26.1 Å². The van der Waals surface area contributed by atoms with Gasteiger partial charge in [0, 0.05) is 24.1 Å². The molecule has 0 atom stereocenters. The van der Waals surface area contributed by atoms with Gasteiger partial charge in [-0.3, -0.25) is 0 Å². The number of hydrogen-bond acceptors (Lipinski definition) is 8. The second-order valence-corrected chi connectivity index (χ2v) is 9.04. The molecule has 184 valence electrons. The Labute approximate surface area is 207 Å². The van der Waals surface area contributed by atoms with Crippen molar-refractivity contribution < 1.29 is 22.8 Å². The summed E-state index contributed by atoms with van der Waals surface area (Å²) in [6, 6.07) is 7.89. The van der Waals surface area contributed by atoms with Gasteiger partial charge in [0.15, 0.2) is 11.5 Å². The molecule has 11 heteroatoms. The van der Waals surface area contributed by atoms with Gasteiger partial charge in [0.25, 0.3) is 0 Å². The van der Waals surface area contributed by atoms with Gasteiger partial charge in [0.2, 0.25) is 0 Å². The Balaban J connectivity index is 1.34. The van der Waals surface area contributed by atoms with Crippen LogP contribution in [0.15, 0.2) is 70.5 Å². The molecule has 4 aromatic heterocycles. The highest BCUT2D eigenvalue weighted by molar-refractivity contribution is 5.47. The van der Waals surface area contributed by atoms with Crippen LogP contribution in [0, 0.1) is 0 Å². The van der Waals surface area contributed by atoms with Crippen molar-refractivity contribution in [3.8, 4) is 22.9 Å². The van der Waals surface area contributed by atoms with Crippen molar-refractivity contribution in [1.29, 1.82) is 0 Å². The number of ether oxygens (including phenoxy) is 2. The van der Waals surface area contributed by atoms with E-state index >= 15 is 0 Å². The summed E-state index contributed by atoms with van der Waals surface area (Å²) in [4.78, 5) is 0. The molecule has 5 aromatic rings. The molecule has 0 spiro atoms. The van der Waals surface area contributed by atoms with Crippen LogP contribution in [0.3, 0.4) is 0 Å². The van der Waals surface area contributed by atoms with Crippen LogP contribution in [0.2, 0.25) is 0 Å². The molecule has 0 N–H and O–H groups in total. The SMILES string of the molecule is COc1cc2c(cc1OC)C[N+](Cc1cn(-c3ccoc3)nn1)(Cc1cn(-c3ccoc3)nn1)CC2. The minimum absolute atomic E-state index is 0.685. The van der Waals surface area contributed by atoms with Gasteiger partial charge in [-0.2, -0.15) is 0 Å². The first-order valence-corrected chi connectivity index (χ1v) is 11.6. The topological polar surface area (TPSA) is 106 Å². The van der Waals surface area contributed by atoms with Crippen molar-refractivity contribution in [2.75, 3.05) is 20.8 Å². The standard InChI is InChI=1S/C25H26N7O4/c1-33-24-9-18-3-6-32(13-19(18)10-25(24)34-2,14-20-11-30(28-26-20)22-4-7-35-16-22)15-21-12-31(29-27-21)23-5-8-36-17-23/h4-5,7-12,16-17H,3,6,13-15H2,1-2H3/q+1. The lowest BCUT2D eigenvalue weighted by atomic mass is 9.96. The molecule has 0 aliphatic carbocycles. The molecule has 5 heterocycles. The smallest absolute Gasteiger partial charge is 0.161 e. The van der Waals surface area contributed by atoms with Gasteiger partial charge in [0.05, 0.1) is 45.7 Å². The first-order valence-electron chi connectivity index (χ1n) is 11.6. The van der Waals surface area contributed by atoms with E-state index in [9.17, 15) is 0 Å².